The second-order valence-corrected chi connectivity index (χ2v) is 11.8. The largest absolute Gasteiger partial charge is 0.478 e. The normalized spacial score (nSPS) is 16.0. The Bertz CT molecular complexity index is 1910. The minimum Gasteiger partial charge on any atom is -0.478 e. The number of carbonyl (C=O) groups is 1. The third-order valence-electron chi connectivity index (χ3n) is 7.85. The SMILES string of the molecule is CC1(C)COC[C@H]1n1c(Cc2cc(F)c(-c3cccc(OCc4ccc(Cl)cc4F)n3)cc2F)nc2ccc(C(=O)O)cc21. The van der Waals surface area contributed by atoms with Gasteiger partial charge in [0, 0.05) is 34.1 Å². The van der Waals surface area contributed by atoms with Gasteiger partial charge in [-0.25, -0.2) is 27.9 Å². The van der Waals surface area contributed by atoms with E-state index >= 15 is 8.78 Å². The summed E-state index contributed by atoms with van der Waals surface area (Å²) in [6.45, 7) is 4.79. The highest BCUT2D eigenvalue weighted by atomic mass is 35.5. The average Bonchev–Trinajstić information content (AvgIpc) is 3.51. The zero-order valence-electron chi connectivity index (χ0n) is 23.8. The molecule has 0 unspecified atom stereocenters. The van der Waals surface area contributed by atoms with Gasteiger partial charge < -0.3 is 19.1 Å². The van der Waals surface area contributed by atoms with E-state index in [1.807, 2.05) is 18.4 Å². The molecule has 11 heteroatoms. The number of aromatic nitrogens is 3. The van der Waals surface area contributed by atoms with Gasteiger partial charge >= 0.3 is 5.97 Å². The molecule has 226 valence electrons. The molecule has 7 nitrogen and oxygen atoms in total. The molecule has 1 atom stereocenters. The van der Waals surface area contributed by atoms with Gasteiger partial charge in [0.05, 0.1) is 41.5 Å². The number of nitrogens with zero attached hydrogens (tertiary/aromatic N) is 3. The summed E-state index contributed by atoms with van der Waals surface area (Å²) < 4.78 is 58.6. The fourth-order valence-corrected chi connectivity index (χ4v) is 5.61. The van der Waals surface area contributed by atoms with E-state index in [1.54, 1.807) is 18.2 Å². The van der Waals surface area contributed by atoms with Crippen LogP contribution in [0.4, 0.5) is 13.2 Å². The van der Waals surface area contributed by atoms with Crippen LogP contribution in [0, 0.1) is 22.9 Å². The lowest BCUT2D eigenvalue weighted by atomic mass is 9.87. The lowest BCUT2D eigenvalue weighted by Gasteiger charge is -2.28. The van der Waals surface area contributed by atoms with E-state index in [4.69, 9.17) is 26.1 Å². The zero-order valence-corrected chi connectivity index (χ0v) is 24.5. The molecular formula is C33H27ClF3N3O4. The zero-order chi connectivity index (χ0) is 31.2. The molecule has 0 radical (unpaired) electrons. The molecule has 3 heterocycles. The highest BCUT2D eigenvalue weighted by Crippen LogP contribution is 2.40. The predicted octanol–water partition coefficient (Wildman–Crippen LogP) is 7.63. The van der Waals surface area contributed by atoms with E-state index in [0.29, 0.717) is 30.1 Å². The first-order valence-corrected chi connectivity index (χ1v) is 14.2. The molecular weight excluding hydrogens is 595 g/mol. The predicted molar refractivity (Wildman–Crippen MR) is 158 cm³/mol. The summed E-state index contributed by atoms with van der Waals surface area (Å²) in [5.74, 6) is -2.40. The molecule has 5 aromatic rings. The number of hydrogen-bond donors (Lipinski definition) is 1. The summed E-state index contributed by atoms with van der Waals surface area (Å²) in [6, 6.07) is 15.5. The topological polar surface area (TPSA) is 86.5 Å². The fourth-order valence-electron chi connectivity index (χ4n) is 5.45. The first-order valence-electron chi connectivity index (χ1n) is 13.8. The van der Waals surface area contributed by atoms with Gasteiger partial charge in [-0.2, -0.15) is 0 Å². The molecule has 6 rings (SSSR count). The molecule has 3 aromatic carbocycles. The number of benzene rings is 3. The average molecular weight is 622 g/mol. The van der Waals surface area contributed by atoms with Crippen molar-refractivity contribution in [3.63, 3.8) is 0 Å². The van der Waals surface area contributed by atoms with Crippen LogP contribution in [0.15, 0.2) is 66.7 Å². The highest BCUT2D eigenvalue weighted by Gasteiger charge is 2.39. The van der Waals surface area contributed by atoms with Gasteiger partial charge in [0.15, 0.2) is 0 Å². The number of aromatic carboxylic acids is 1. The van der Waals surface area contributed by atoms with Crippen LogP contribution in [0.5, 0.6) is 5.88 Å². The fraction of sp³-hybridized carbons (Fsp3) is 0.242. The van der Waals surface area contributed by atoms with Crippen LogP contribution in [0.2, 0.25) is 5.02 Å². The minimum absolute atomic E-state index is 0.0457. The lowest BCUT2D eigenvalue weighted by Crippen LogP contribution is -2.27. The van der Waals surface area contributed by atoms with Crippen molar-refractivity contribution in [2.75, 3.05) is 13.2 Å². The van der Waals surface area contributed by atoms with E-state index in [-0.39, 0.29) is 63.3 Å². The molecule has 1 fully saturated rings. The minimum atomic E-state index is -1.08. The third kappa shape index (κ3) is 5.75. The van der Waals surface area contributed by atoms with Crippen molar-refractivity contribution >= 4 is 28.6 Å². The monoisotopic (exact) mass is 621 g/mol. The maximum atomic E-state index is 15.6. The van der Waals surface area contributed by atoms with Crippen molar-refractivity contribution in [2.45, 2.75) is 32.9 Å². The number of ether oxygens (including phenoxy) is 2. The molecule has 2 aromatic heterocycles. The number of rotatable bonds is 8. The Labute approximate surface area is 255 Å². The van der Waals surface area contributed by atoms with Gasteiger partial charge in [0.1, 0.15) is 29.9 Å². The van der Waals surface area contributed by atoms with E-state index < -0.39 is 23.4 Å². The Kier molecular flexibility index (Phi) is 7.81. The van der Waals surface area contributed by atoms with Gasteiger partial charge in [0.25, 0.3) is 0 Å². The van der Waals surface area contributed by atoms with E-state index in [0.717, 1.165) is 12.1 Å². The molecule has 0 spiro atoms. The molecule has 1 aliphatic rings. The van der Waals surface area contributed by atoms with Crippen LogP contribution in [-0.2, 0) is 17.8 Å². The Balaban J connectivity index is 1.31. The molecule has 1 N–H and O–H groups in total. The van der Waals surface area contributed by atoms with Crippen LogP contribution in [0.25, 0.3) is 22.3 Å². The number of carboxylic acids is 1. The molecule has 1 saturated heterocycles. The molecule has 0 bridgehead atoms. The van der Waals surface area contributed by atoms with Crippen molar-refractivity contribution in [1.29, 1.82) is 0 Å². The quantitative estimate of drug-likeness (QED) is 0.192. The van der Waals surface area contributed by atoms with E-state index in [2.05, 4.69) is 4.98 Å². The Morgan fingerprint density at radius 3 is 2.55 bits per heavy atom. The first-order chi connectivity index (χ1) is 21.0. The highest BCUT2D eigenvalue weighted by molar-refractivity contribution is 6.30. The standard InChI is InChI=1S/C33H27ClF3N3O4/c1-33(2)17-43-16-29(33)40-28-11-18(32(41)42)7-9-27(28)38-30(40)12-20-10-25(37)22(14-24(20)36)26-4-3-5-31(39-26)44-15-19-6-8-21(34)13-23(19)35/h3-11,13-14,29H,12,15-17H2,1-2H3,(H,41,42)/t29-/m1/s1. The maximum Gasteiger partial charge on any atom is 0.335 e. The van der Waals surface area contributed by atoms with Gasteiger partial charge in [-0.05, 0) is 54.1 Å². The number of pyridine rings is 1. The number of imidazole rings is 1. The van der Waals surface area contributed by atoms with Crippen LogP contribution in [0.1, 0.15) is 47.2 Å². The first kappa shape index (κ1) is 29.7. The van der Waals surface area contributed by atoms with Crippen molar-refractivity contribution in [1.82, 2.24) is 14.5 Å². The van der Waals surface area contributed by atoms with Crippen molar-refractivity contribution < 1.29 is 32.5 Å². The lowest BCUT2D eigenvalue weighted by molar-refractivity contribution is 0.0697. The number of hydrogen-bond acceptors (Lipinski definition) is 5. The number of halogens is 4. The molecule has 0 amide bonds. The second kappa shape index (κ2) is 11.6. The van der Waals surface area contributed by atoms with E-state index in [1.165, 1.54) is 36.4 Å². The van der Waals surface area contributed by atoms with Crippen LogP contribution >= 0.6 is 11.6 Å². The summed E-state index contributed by atoms with van der Waals surface area (Å²) in [4.78, 5) is 20.7. The van der Waals surface area contributed by atoms with E-state index in [9.17, 15) is 14.3 Å². The van der Waals surface area contributed by atoms with Crippen molar-refractivity contribution in [3.05, 3.63) is 112 Å². The van der Waals surface area contributed by atoms with Gasteiger partial charge in [-0.15, -0.1) is 0 Å². The van der Waals surface area contributed by atoms with Crippen molar-refractivity contribution in [2.24, 2.45) is 5.41 Å². The smallest absolute Gasteiger partial charge is 0.335 e. The summed E-state index contributed by atoms with van der Waals surface area (Å²) in [5, 5.41) is 9.83. The number of carboxylic acid groups (broad SMARTS) is 1. The van der Waals surface area contributed by atoms with Crippen molar-refractivity contribution in [3.8, 4) is 17.1 Å². The Morgan fingerprint density at radius 2 is 1.82 bits per heavy atom. The number of fused-ring (bicyclic) bond motifs is 1. The Hall–Kier alpha value is -4.41. The molecule has 44 heavy (non-hydrogen) atoms. The Morgan fingerprint density at radius 1 is 1.02 bits per heavy atom. The maximum absolute atomic E-state index is 15.6. The van der Waals surface area contributed by atoms with Gasteiger partial charge in [-0.3, -0.25) is 0 Å². The summed E-state index contributed by atoms with van der Waals surface area (Å²) in [6.07, 6.45) is -0.0457. The summed E-state index contributed by atoms with van der Waals surface area (Å²) in [7, 11) is 0. The van der Waals surface area contributed by atoms with Crippen LogP contribution in [0.3, 0.4) is 0 Å². The molecule has 1 aliphatic heterocycles. The van der Waals surface area contributed by atoms with Crippen LogP contribution < -0.4 is 4.74 Å². The van der Waals surface area contributed by atoms with Crippen LogP contribution in [-0.4, -0.2) is 38.8 Å². The summed E-state index contributed by atoms with van der Waals surface area (Å²) in [5.41, 5.74) is 1.32. The van der Waals surface area contributed by atoms with Gasteiger partial charge in [0.2, 0.25) is 5.88 Å². The second-order valence-electron chi connectivity index (χ2n) is 11.4. The summed E-state index contributed by atoms with van der Waals surface area (Å²) >= 11 is 5.80. The third-order valence-corrected chi connectivity index (χ3v) is 8.08. The molecule has 0 aliphatic carbocycles. The molecule has 0 saturated carbocycles. The van der Waals surface area contributed by atoms with Gasteiger partial charge in [-0.1, -0.05) is 37.6 Å².